The molecule has 5 atom stereocenters. The zero-order valence-electron chi connectivity index (χ0n) is 20.1. The summed E-state index contributed by atoms with van der Waals surface area (Å²) in [6.07, 6.45) is 8.20. The second-order valence-corrected chi connectivity index (χ2v) is 11.8. The van der Waals surface area contributed by atoms with Crippen LogP contribution in [0.2, 0.25) is 5.02 Å². The van der Waals surface area contributed by atoms with Crippen LogP contribution in [-0.4, -0.2) is 57.9 Å². The third-order valence-corrected chi connectivity index (χ3v) is 9.64. The first kappa shape index (κ1) is 22.6. The van der Waals surface area contributed by atoms with Crippen LogP contribution in [0.15, 0.2) is 42.5 Å². The summed E-state index contributed by atoms with van der Waals surface area (Å²) in [5.41, 5.74) is 1.46. The predicted molar refractivity (Wildman–Crippen MR) is 137 cm³/mol. The molecule has 7 rings (SSSR count). The molecule has 2 saturated carbocycles. The molecule has 2 heterocycles. The predicted octanol–water partition coefficient (Wildman–Crippen LogP) is 3.81. The highest BCUT2D eigenvalue weighted by Crippen LogP contribution is 2.65. The highest BCUT2D eigenvalue weighted by molar-refractivity contribution is 6.30. The number of amides is 1. The zero-order chi connectivity index (χ0) is 24.7. The Morgan fingerprint density at radius 2 is 1.97 bits per heavy atom. The van der Waals surface area contributed by atoms with Crippen LogP contribution in [0.5, 0.6) is 11.5 Å². The summed E-state index contributed by atoms with van der Waals surface area (Å²) in [4.78, 5) is 15.5. The molecule has 0 radical (unpaired) electrons. The summed E-state index contributed by atoms with van der Waals surface area (Å²) in [5.74, 6) is 1.17. The molecule has 1 saturated heterocycles. The highest BCUT2D eigenvalue weighted by atomic mass is 35.5. The number of phenolic OH excluding ortho intramolecular Hbond substituents is 1. The van der Waals surface area contributed by atoms with Gasteiger partial charge < -0.3 is 20.3 Å². The number of carbonyl (C=O) groups excluding carboxylic acids is 1. The van der Waals surface area contributed by atoms with Crippen LogP contribution in [0.3, 0.4) is 0 Å². The minimum atomic E-state index is -0.947. The van der Waals surface area contributed by atoms with Crippen LogP contribution >= 0.6 is 11.6 Å². The molecule has 188 valence electrons. The molecule has 2 aromatic carbocycles. The Kier molecular flexibility index (Phi) is 5.02. The fraction of sp³-hybridized carbons (Fsp3) is 0.483. The molecule has 2 aromatic rings. The van der Waals surface area contributed by atoms with Gasteiger partial charge in [0.05, 0.1) is 17.1 Å². The highest BCUT2D eigenvalue weighted by Gasteiger charge is 2.73. The summed E-state index contributed by atoms with van der Waals surface area (Å²) in [7, 11) is 0. The summed E-state index contributed by atoms with van der Waals surface area (Å²) in [6, 6.07) is 10.8. The number of nitrogens with one attached hydrogen (secondary N) is 1. The van der Waals surface area contributed by atoms with Gasteiger partial charge in [-0.15, -0.1) is 0 Å². The van der Waals surface area contributed by atoms with E-state index < -0.39 is 17.1 Å². The maximum atomic E-state index is 13.0. The van der Waals surface area contributed by atoms with E-state index in [0.29, 0.717) is 23.6 Å². The number of phenols is 1. The van der Waals surface area contributed by atoms with Crippen LogP contribution < -0.4 is 10.1 Å². The number of hydrogen-bond donors (Lipinski definition) is 3. The lowest BCUT2D eigenvalue weighted by Crippen LogP contribution is -2.78. The molecule has 0 unspecified atom stereocenters. The van der Waals surface area contributed by atoms with Crippen molar-refractivity contribution in [2.45, 2.75) is 67.7 Å². The van der Waals surface area contributed by atoms with Crippen molar-refractivity contribution in [2.75, 3.05) is 13.1 Å². The lowest BCUT2D eigenvalue weighted by molar-refractivity contribution is -0.192. The summed E-state index contributed by atoms with van der Waals surface area (Å²) < 4.78 is 6.51. The molecule has 2 bridgehead atoms. The molecule has 36 heavy (non-hydrogen) atoms. The Morgan fingerprint density at radius 1 is 1.17 bits per heavy atom. The van der Waals surface area contributed by atoms with Crippen LogP contribution in [-0.2, 0) is 16.6 Å². The van der Waals surface area contributed by atoms with Crippen molar-refractivity contribution in [3.05, 3.63) is 64.2 Å². The first-order chi connectivity index (χ1) is 17.4. The molecule has 1 spiro atoms. The SMILES string of the molecule is O=C(/C=C/c1ccc(Cl)cc1)N[C@@H]1CC[C@@]2(O)[C@H]3Cc4ccc(O)c5c4[C@@]2(CCN3CC2CC2)[C@H]1O5. The van der Waals surface area contributed by atoms with Gasteiger partial charge in [-0.3, -0.25) is 9.69 Å². The average Bonchev–Trinajstić information content (AvgIpc) is 3.60. The third kappa shape index (κ3) is 3.20. The van der Waals surface area contributed by atoms with Crippen LogP contribution in [0, 0.1) is 5.92 Å². The summed E-state index contributed by atoms with van der Waals surface area (Å²) >= 11 is 5.96. The molecule has 0 aromatic heterocycles. The number of rotatable bonds is 5. The van der Waals surface area contributed by atoms with Gasteiger partial charge in [-0.05, 0) is 86.4 Å². The molecule has 3 aliphatic carbocycles. The number of ether oxygens (including phenoxy) is 1. The van der Waals surface area contributed by atoms with Crippen molar-refractivity contribution in [1.29, 1.82) is 0 Å². The van der Waals surface area contributed by atoms with E-state index in [-0.39, 0.29) is 23.7 Å². The van der Waals surface area contributed by atoms with Gasteiger partial charge in [-0.2, -0.15) is 0 Å². The van der Waals surface area contributed by atoms with Crippen molar-refractivity contribution in [3.63, 3.8) is 0 Å². The van der Waals surface area contributed by atoms with Crippen molar-refractivity contribution in [2.24, 2.45) is 5.92 Å². The maximum Gasteiger partial charge on any atom is 0.244 e. The fourth-order valence-corrected chi connectivity index (χ4v) is 7.73. The maximum absolute atomic E-state index is 13.0. The normalized spacial score (nSPS) is 34.3. The first-order valence-electron chi connectivity index (χ1n) is 13.1. The summed E-state index contributed by atoms with van der Waals surface area (Å²) in [6.45, 7) is 1.94. The molecular weight excluding hydrogens is 476 g/mol. The first-order valence-corrected chi connectivity index (χ1v) is 13.5. The van der Waals surface area contributed by atoms with E-state index in [1.807, 2.05) is 18.2 Å². The Hall–Kier alpha value is -2.54. The zero-order valence-corrected chi connectivity index (χ0v) is 20.9. The average molecular weight is 507 g/mol. The van der Waals surface area contributed by atoms with Crippen LogP contribution in [0.25, 0.3) is 6.08 Å². The van der Waals surface area contributed by atoms with Gasteiger partial charge in [0.15, 0.2) is 11.5 Å². The molecule has 6 nitrogen and oxygen atoms in total. The quantitative estimate of drug-likeness (QED) is 0.537. The van der Waals surface area contributed by atoms with Gasteiger partial charge in [0.2, 0.25) is 5.91 Å². The van der Waals surface area contributed by atoms with E-state index in [4.69, 9.17) is 16.3 Å². The number of benzene rings is 2. The van der Waals surface area contributed by atoms with Crippen molar-refractivity contribution in [1.82, 2.24) is 10.2 Å². The third-order valence-electron chi connectivity index (χ3n) is 9.39. The molecular formula is C29H31ClN2O4. The smallest absolute Gasteiger partial charge is 0.244 e. The van der Waals surface area contributed by atoms with Crippen LogP contribution in [0.4, 0.5) is 0 Å². The van der Waals surface area contributed by atoms with Crippen molar-refractivity contribution in [3.8, 4) is 11.5 Å². The number of aromatic hydroxyl groups is 1. The van der Waals surface area contributed by atoms with Crippen LogP contribution in [0.1, 0.15) is 48.8 Å². The number of likely N-dealkylation sites (tertiary alicyclic amines) is 1. The molecule has 3 N–H and O–H groups in total. The number of nitrogens with zero attached hydrogens (tertiary/aromatic N) is 1. The second kappa shape index (κ2) is 7.98. The Morgan fingerprint density at radius 3 is 2.75 bits per heavy atom. The molecule has 3 fully saturated rings. The summed E-state index contributed by atoms with van der Waals surface area (Å²) in [5, 5.41) is 27.1. The number of aliphatic hydroxyl groups is 1. The number of piperidine rings is 1. The number of carbonyl (C=O) groups is 1. The van der Waals surface area contributed by atoms with E-state index >= 15 is 0 Å². The van der Waals surface area contributed by atoms with E-state index in [1.165, 1.54) is 18.9 Å². The second-order valence-electron chi connectivity index (χ2n) is 11.3. The Bertz CT molecular complexity index is 1260. The van der Waals surface area contributed by atoms with E-state index in [1.54, 1.807) is 24.3 Å². The number of hydrogen-bond acceptors (Lipinski definition) is 5. The molecule has 5 aliphatic rings. The van der Waals surface area contributed by atoms with Crippen molar-refractivity contribution >= 4 is 23.6 Å². The van der Waals surface area contributed by atoms with Gasteiger partial charge >= 0.3 is 0 Å². The molecule has 1 amide bonds. The standard InChI is InChI=1S/C29H31ClN2O4/c30-20-7-3-17(4-8-20)5-10-24(34)31-21-11-12-29(35)23-15-19-6-9-22(33)26-25(19)28(29,27(21)36-26)13-14-32(23)16-18-1-2-18/h3-10,18,21,23,27,33,35H,1-2,11-16H2,(H,31,34)/b10-5+/t21-,23-,27+,28+,29-/m1/s1. The molecule has 2 aliphatic heterocycles. The lowest BCUT2D eigenvalue weighted by atomic mass is 9.48. The van der Waals surface area contributed by atoms with Gasteiger partial charge in [-0.25, -0.2) is 0 Å². The number of halogens is 1. The minimum Gasteiger partial charge on any atom is -0.504 e. The van der Waals surface area contributed by atoms with E-state index in [0.717, 1.165) is 48.5 Å². The van der Waals surface area contributed by atoms with Gasteiger partial charge in [0.1, 0.15) is 6.10 Å². The van der Waals surface area contributed by atoms with E-state index in [9.17, 15) is 15.0 Å². The van der Waals surface area contributed by atoms with Crippen molar-refractivity contribution < 1.29 is 19.7 Å². The fourth-order valence-electron chi connectivity index (χ4n) is 7.61. The van der Waals surface area contributed by atoms with E-state index in [2.05, 4.69) is 10.2 Å². The lowest BCUT2D eigenvalue weighted by Gasteiger charge is -2.64. The largest absolute Gasteiger partial charge is 0.504 e. The monoisotopic (exact) mass is 506 g/mol. The van der Waals surface area contributed by atoms with Gasteiger partial charge in [-0.1, -0.05) is 29.8 Å². The van der Waals surface area contributed by atoms with Gasteiger partial charge in [0, 0.05) is 29.2 Å². The minimum absolute atomic E-state index is 0.0300. The molecule has 7 heteroatoms. The topological polar surface area (TPSA) is 82.0 Å². The Balaban J connectivity index is 1.22. The van der Waals surface area contributed by atoms with Gasteiger partial charge in [0.25, 0.3) is 0 Å². The Labute approximate surface area is 215 Å².